The number of benzene rings is 1. The number of aryl methyl sites for hydroxylation is 2. The Hall–Kier alpha value is -2.66. The second kappa shape index (κ2) is 8.70. The maximum Gasteiger partial charge on any atom is 0.170 e. The summed E-state index contributed by atoms with van der Waals surface area (Å²) in [5.74, 6) is 0. The molecule has 0 spiro atoms. The third-order valence-corrected chi connectivity index (χ3v) is 7.51. The average Bonchev–Trinajstić information content (AvgIpc) is 3.31. The maximum absolute atomic E-state index is 5.95. The van der Waals surface area contributed by atoms with Gasteiger partial charge in [-0.3, -0.25) is 4.98 Å². The standard InChI is InChI=1S/C27H32N4S/c1-18-12-14-22(15-13-18)30-19(2)17-23(20(30)3)26-25(24-11-7-8-16-28-24)29-27(32)31(26)21-9-5-4-6-10-21/h7-8,11-17,21,25-26H,4-6,9-10H2,1-3H3,(H,29,32)/t25-,26-/m1/s1. The van der Waals surface area contributed by atoms with Crippen LogP contribution in [0.25, 0.3) is 5.69 Å². The first-order chi connectivity index (χ1) is 15.5. The highest BCUT2D eigenvalue weighted by Crippen LogP contribution is 2.44. The fourth-order valence-corrected chi connectivity index (χ4v) is 6.02. The van der Waals surface area contributed by atoms with Crippen molar-refractivity contribution in [3.8, 4) is 5.69 Å². The number of thiocarbonyl (C=S) groups is 1. The Morgan fingerprint density at radius 1 is 0.969 bits per heavy atom. The fourth-order valence-electron chi connectivity index (χ4n) is 5.63. The summed E-state index contributed by atoms with van der Waals surface area (Å²) in [5.41, 5.74) is 7.42. The van der Waals surface area contributed by atoms with Gasteiger partial charge in [0.25, 0.3) is 0 Å². The first kappa shape index (κ1) is 21.2. The molecule has 4 nitrogen and oxygen atoms in total. The molecule has 166 valence electrons. The van der Waals surface area contributed by atoms with E-state index >= 15 is 0 Å². The van der Waals surface area contributed by atoms with Gasteiger partial charge in [-0.05, 0) is 81.7 Å². The zero-order valence-corrected chi connectivity index (χ0v) is 20.0. The quantitative estimate of drug-likeness (QED) is 0.493. The van der Waals surface area contributed by atoms with Crippen molar-refractivity contribution >= 4 is 17.3 Å². The zero-order valence-electron chi connectivity index (χ0n) is 19.2. The molecular formula is C27H32N4S. The minimum atomic E-state index is 0.0533. The van der Waals surface area contributed by atoms with Crippen molar-refractivity contribution in [3.05, 3.63) is 82.9 Å². The molecule has 5 rings (SSSR count). The Bertz CT molecular complexity index is 1100. The van der Waals surface area contributed by atoms with Crippen LogP contribution in [0.4, 0.5) is 0 Å². The van der Waals surface area contributed by atoms with E-state index in [9.17, 15) is 0 Å². The van der Waals surface area contributed by atoms with Crippen LogP contribution < -0.4 is 5.32 Å². The largest absolute Gasteiger partial charge is 0.352 e. The highest BCUT2D eigenvalue weighted by Gasteiger charge is 2.44. The molecule has 3 aromatic rings. The van der Waals surface area contributed by atoms with Gasteiger partial charge in [-0.2, -0.15) is 0 Å². The van der Waals surface area contributed by atoms with Gasteiger partial charge in [0.05, 0.1) is 17.8 Å². The first-order valence-electron chi connectivity index (χ1n) is 11.8. The highest BCUT2D eigenvalue weighted by molar-refractivity contribution is 7.80. The van der Waals surface area contributed by atoms with Gasteiger partial charge < -0.3 is 14.8 Å². The molecule has 1 aliphatic carbocycles. The molecule has 0 unspecified atom stereocenters. The van der Waals surface area contributed by atoms with Gasteiger partial charge in [-0.25, -0.2) is 0 Å². The summed E-state index contributed by atoms with van der Waals surface area (Å²) >= 11 is 5.95. The normalized spacial score (nSPS) is 21.7. The molecular weight excluding hydrogens is 412 g/mol. The van der Waals surface area contributed by atoms with Gasteiger partial charge in [0.2, 0.25) is 0 Å². The van der Waals surface area contributed by atoms with E-state index in [2.05, 4.69) is 78.0 Å². The predicted octanol–water partition coefficient (Wildman–Crippen LogP) is 6.10. The summed E-state index contributed by atoms with van der Waals surface area (Å²) < 4.78 is 2.38. The average molecular weight is 445 g/mol. The zero-order chi connectivity index (χ0) is 22.2. The molecule has 0 bridgehead atoms. The number of pyridine rings is 1. The third-order valence-electron chi connectivity index (χ3n) is 7.18. The molecule has 1 saturated carbocycles. The summed E-state index contributed by atoms with van der Waals surface area (Å²) in [6.45, 7) is 6.59. The lowest BCUT2D eigenvalue weighted by atomic mass is 9.90. The minimum absolute atomic E-state index is 0.0533. The molecule has 0 amide bonds. The topological polar surface area (TPSA) is 33.1 Å². The molecule has 1 aliphatic heterocycles. The molecule has 32 heavy (non-hydrogen) atoms. The van der Waals surface area contributed by atoms with Crippen LogP contribution in [0.1, 0.15) is 72.4 Å². The van der Waals surface area contributed by atoms with Crippen molar-refractivity contribution in [1.82, 2.24) is 19.8 Å². The van der Waals surface area contributed by atoms with Crippen LogP contribution in [-0.2, 0) is 0 Å². The van der Waals surface area contributed by atoms with Crippen molar-refractivity contribution in [2.24, 2.45) is 0 Å². The maximum atomic E-state index is 5.95. The van der Waals surface area contributed by atoms with Gasteiger partial charge >= 0.3 is 0 Å². The number of nitrogens with zero attached hydrogens (tertiary/aromatic N) is 3. The summed E-state index contributed by atoms with van der Waals surface area (Å²) in [6, 6.07) is 18.0. The van der Waals surface area contributed by atoms with Gasteiger partial charge in [0.1, 0.15) is 0 Å². The van der Waals surface area contributed by atoms with Crippen LogP contribution in [0, 0.1) is 20.8 Å². The van der Waals surface area contributed by atoms with E-state index in [1.807, 2.05) is 12.3 Å². The van der Waals surface area contributed by atoms with Crippen molar-refractivity contribution < 1.29 is 0 Å². The summed E-state index contributed by atoms with van der Waals surface area (Å²) in [6.07, 6.45) is 8.21. The molecule has 1 aromatic carbocycles. The minimum Gasteiger partial charge on any atom is -0.352 e. The number of hydrogen-bond donors (Lipinski definition) is 1. The van der Waals surface area contributed by atoms with Gasteiger partial charge in [0.15, 0.2) is 5.11 Å². The van der Waals surface area contributed by atoms with Gasteiger partial charge in [-0.1, -0.05) is 43.0 Å². The van der Waals surface area contributed by atoms with Gasteiger partial charge in [-0.15, -0.1) is 0 Å². The summed E-state index contributed by atoms with van der Waals surface area (Å²) in [4.78, 5) is 7.23. The highest BCUT2D eigenvalue weighted by atomic mass is 32.1. The lowest BCUT2D eigenvalue weighted by Crippen LogP contribution is -2.40. The van der Waals surface area contributed by atoms with Crippen LogP contribution in [-0.4, -0.2) is 25.6 Å². The van der Waals surface area contributed by atoms with Gasteiger partial charge in [0, 0.05) is 29.3 Å². The van der Waals surface area contributed by atoms with Crippen LogP contribution >= 0.6 is 12.2 Å². The van der Waals surface area contributed by atoms with E-state index in [1.165, 1.54) is 60.3 Å². The molecule has 2 aromatic heterocycles. The van der Waals surface area contributed by atoms with Crippen molar-refractivity contribution in [1.29, 1.82) is 0 Å². The molecule has 1 saturated heterocycles. The Morgan fingerprint density at radius 3 is 2.41 bits per heavy atom. The van der Waals surface area contributed by atoms with E-state index in [0.29, 0.717) is 6.04 Å². The molecule has 2 aliphatic rings. The third kappa shape index (κ3) is 3.73. The van der Waals surface area contributed by atoms with Crippen molar-refractivity contribution in [2.75, 3.05) is 0 Å². The predicted molar refractivity (Wildman–Crippen MR) is 134 cm³/mol. The van der Waals surface area contributed by atoms with E-state index < -0.39 is 0 Å². The number of rotatable bonds is 4. The Labute approximate surface area is 196 Å². The summed E-state index contributed by atoms with van der Waals surface area (Å²) in [7, 11) is 0. The second-order valence-corrected chi connectivity index (χ2v) is 9.71. The molecule has 2 fully saturated rings. The number of hydrogen-bond acceptors (Lipinski definition) is 2. The van der Waals surface area contributed by atoms with E-state index in [-0.39, 0.29) is 12.1 Å². The smallest absolute Gasteiger partial charge is 0.170 e. The molecule has 1 N–H and O–H groups in total. The monoisotopic (exact) mass is 444 g/mol. The SMILES string of the molecule is Cc1ccc(-n2c(C)cc([C@@H]3[C@@H](c4ccccn4)NC(=S)N3C3CCCCC3)c2C)cc1. The van der Waals surface area contributed by atoms with Crippen LogP contribution in [0.2, 0.25) is 0 Å². The molecule has 5 heteroatoms. The van der Waals surface area contributed by atoms with Crippen LogP contribution in [0.15, 0.2) is 54.7 Å². The second-order valence-electron chi connectivity index (χ2n) is 9.32. The molecule has 2 atom stereocenters. The van der Waals surface area contributed by atoms with E-state index in [4.69, 9.17) is 17.2 Å². The lowest BCUT2D eigenvalue weighted by Gasteiger charge is -2.37. The lowest BCUT2D eigenvalue weighted by molar-refractivity contribution is 0.197. The molecule has 0 radical (unpaired) electrons. The fraction of sp³-hybridized carbons (Fsp3) is 0.407. The van der Waals surface area contributed by atoms with Crippen LogP contribution in [0.5, 0.6) is 0 Å². The number of aromatic nitrogens is 2. The van der Waals surface area contributed by atoms with E-state index in [1.54, 1.807) is 0 Å². The Morgan fingerprint density at radius 2 is 1.72 bits per heavy atom. The Kier molecular flexibility index (Phi) is 5.76. The van der Waals surface area contributed by atoms with Crippen LogP contribution in [0.3, 0.4) is 0 Å². The first-order valence-corrected chi connectivity index (χ1v) is 12.2. The summed E-state index contributed by atoms with van der Waals surface area (Å²) in [5, 5.41) is 4.53. The molecule has 3 heterocycles. The number of nitrogens with one attached hydrogen (secondary N) is 1. The Balaban J connectivity index is 1.62. The van der Waals surface area contributed by atoms with Crippen molar-refractivity contribution in [2.45, 2.75) is 71.0 Å². The van der Waals surface area contributed by atoms with E-state index in [0.717, 1.165) is 10.8 Å². The van der Waals surface area contributed by atoms with Crippen molar-refractivity contribution in [3.63, 3.8) is 0 Å².